The fourth-order valence-corrected chi connectivity index (χ4v) is 4.02. The van der Waals surface area contributed by atoms with Crippen LogP contribution in [0.5, 0.6) is 11.5 Å². The first-order valence-corrected chi connectivity index (χ1v) is 11.3. The number of nitrogens with zero attached hydrogens (tertiary/aromatic N) is 1. The molecule has 0 amide bonds. The minimum Gasteiger partial charge on any atom is -0.489 e. The van der Waals surface area contributed by atoms with Crippen LogP contribution in [-0.4, -0.2) is 13.0 Å². The molecule has 4 aromatic rings. The van der Waals surface area contributed by atoms with Crippen LogP contribution in [0, 0.1) is 0 Å². The number of hydrogen-bond acceptors (Lipinski definition) is 4. The summed E-state index contributed by atoms with van der Waals surface area (Å²) in [5, 5.41) is 5.29. The van der Waals surface area contributed by atoms with Crippen molar-refractivity contribution in [2.75, 3.05) is 0 Å². The van der Waals surface area contributed by atoms with Crippen molar-refractivity contribution in [3.63, 3.8) is 0 Å². The molecule has 0 fully saturated rings. The second kappa shape index (κ2) is 10.4. The maximum absolute atomic E-state index is 6.42. The van der Waals surface area contributed by atoms with Gasteiger partial charge in [-0.2, -0.15) is 0 Å². The van der Waals surface area contributed by atoms with Gasteiger partial charge in [-0.3, -0.25) is 0 Å². The van der Waals surface area contributed by atoms with Gasteiger partial charge in [0.05, 0.1) is 15.6 Å². The number of aromatic nitrogens is 1. The summed E-state index contributed by atoms with van der Waals surface area (Å²) in [6, 6.07) is 20.5. The van der Waals surface area contributed by atoms with Crippen molar-refractivity contribution in [3.8, 4) is 22.8 Å². The van der Waals surface area contributed by atoms with Gasteiger partial charge in [0.15, 0.2) is 0 Å². The molecule has 0 aliphatic carbocycles. The lowest BCUT2D eigenvalue weighted by atomic mass is 9.96. The number of hydrogen-bond donors (Lipinski definition) is 0. The van der Waals surface area contributed by atoms with E-state index in [2.05, 4.69) is 5.16 Å². The van der Waals surface area contributed by atoms with E-state index in [0.29, 0.717) is 33.4 Å². The van der Waals surface area contributed by atoms with Crippen LogP contribution in [0.4, 0.5) is 0 Å². The minimum atomic E-state index is 0.123. The van der Waals surface area contributed by atoms with Gasteiger partial charge in [-0.05, 0) is 42.0 Å². The largest absolute Gasteiger partial charge is 0.489 e. The average Bonchev–Trinajstić information content (AvgIpc) is 3.21. The van der Waals surface area contributed by atoms with Gasteiger partial charge in [0.2, 0.25) is 0 Å². The third-order valence-electron chi connectivity index (χ3n) is 5.11. The summed E-state index contributed by atoms with van der Waals surface area (Å²) >= 11 is 12.8. The third-order valence-corrected chi connectivity index (χ3v) is 5.74. The van der Waals surface area contributed by atoms with Gasteiger partial charge in [-0.1, -0.05) is 78.0 Å². The van der Waals surface area contributed by atoms with Gasteiger partial charge < -0.3 is 14.0 Å². The third kappa shape index (κ3) is 5.55. The first-order chi connectivity index (χ1) is 15.9. The summed E-state index contributed by atoms with van der Waals surface area (Å²) in [6.45, 7) is 4.78. The number of ether oxygens (including phenoxy) is 2. The van der Waals surface area contributed by atoms with Gasteiger partial charge in [0.1, 0.15) is 44.0 Å². The van der Waals surface area contributed by atoms with Crippen LogP contribution in [0.15, 0.2) is 71.3 Å². The summed E-state index contributed by atoms with van der Waals surface area (Å²) < 4.78 is 17.5. The summed E-state index contributed by atoms with van der Waals surface area (Å²) in [5.41, 5.74) is 3.75. The van der Waals surface area contributed by atoms with Gasteiger partial charge in [0, 0.05) is 11.5 Å². The Labute approximate surface area is 204 Å². The SMILES string of the molecule is [B]c1cccc(OCc2ccc(OCc3c(-c4c(Cl)cccc4Cl)noc3C(C)C)cc2)c1. The van der Waals surface area contributed by atoms with E-state index in [1.165, 1.54) is 0 Å². The van der Waals surface area contributed by atoms with E-state index in [1.54, 1.807) is 24.3 Å². The molecule has 4 rings (SSSR count). The molecule has 0 atom stereocenters. The molecule has 0 aliphatic rings. The maximum Gasteiger partial charge on any atom is 0.146 e. The Balaban J connectivity index is 1.48. The van der Waals surface area contributed by atoms with Crippen molar-refractivity contribution in [2.45, 2.75) is 33.0 Å². The smallest absolute Gasteiger partial charge is 0.146 e. The molecule has 0 aliphatic heterocycles. The average molecular weight is 478 g/mol. The van der Waals surface area contributed by atoms with E-state index in [0.717, 1.165) is 28.4 Å². The lowest BCUT2D eigenvalue weighted by molar-refractivity contribution is 0.296. The Bertz CT molecular complexity index is 1220. The lowest BCUT2D eigenvalue weighted by Gasteiger charge is -2.11. The van der Waals surface area contributed by atoms with Crippen molar-refractivity contribution < 1.29 is 14.0 Å². The Kier molecular flexibility index (Phi) is 7.31. The van der Waals surface area contributed by atoms with Crippen molar-refractivity contribution in [1.82, 2.24) is 5.16 Å². The van der Waals surface area contributed by atoms with Gasteiger partial charge in [-0.25, -0.2) is 0 Å². The molecule has 0 N–H and O–H groups in total. The highest BCUT2D eigenvalue weighted by molar-refractivity contribution is 6.39. The van der Waals surface area contributed by atoms with E-state index in [9.17, 15) is 0 Å². The van der Waals surface area contributed by atoms with Crippen molar-refractivity contribution in [1.29, 1.82) is 0 Å². The molecule has 0 unspecified atom stereocenters. The normalized spacial score (nSPS) is 11.1. The molecule has 1 aromatic heterocycles. The molecular weight excluding hydrogens is 456 g/mol. The highest BCUT2D eigenvalue weighted by Gasteiger charge is 2.23. The Morgan fingerprint density at radius 2 is 1.55 bits per heavy atom. The van der Waals surface area contributed by atoms with E-state index < -0.39 is 0 Å². The quantitative estimate of drug-likeness (QED) is 0.264. The van der Waals surface area contributed by atoms with Crippen LogP contribution < -0.4 is 14.9 Å². The summed E-state index contributed by atoms with van der Waals surface area (Å²) in [6.07, 6.45) is 0. The second-order valence-corrected chi connectivity index (χ2v) is 8.73. The van der Waals surface area contributed by atoms with Crippen LogP contribution in [-0.2, 0) is 13.2 Å². The van der Waals surface area contributed by atoms with E-state index in [4.69, 9.17) is 45.0 Å². The molecule has 0 saturated heterocycles. The van der Waals surface area contributed by atoms with E-state index in [-0.39, 0.29) is 12.5 Å². The Morgan fingerprint density at radius 3 is 2.21 bits per heavy atom. The Morgan fingerprint density at radius 1 is 0.879 bits per heavy atom. The van der Waals surface area contributed by atoms with Crippen LogP contribution in [0.3, 0.4) is 0 Å². The minimum absolute atomic E-state index is 0.123. The van der Waals surface area contributed by atoms with Crippen LogP contribution in [0.2, 0.25) is 10.0 Å². The van der Waals surface area contributed by atoms with Crippen molar-refractivity contribution in [3.05, 3.63) is 93.7 Å². The summed E-state index contributed by atoms with van der Waals surface area (Å²) in [7, 11) is 5.79. The number of halogens is 2. The van der Waals surface area contributed by atoms with Gasteiger partial charge in [-0.15, -0.1) is 0 Å². The van der Waals surface area contributed by atoms with Gasteiger partial charge >= 0.3 is 0 Å². The molecular formula is C26H22BCl2NO3. The fourth-order valence-electron chi connectivity index (χ4n) is 3.44. The second-order valence-electron chi connectivity index (χ2n) is 7.92. The Hall–Kier alpha value is -2.89. The predicted octanol–water partition coefficient (Wildman–Crippen LogP) is 6.72. The predicted molar refractivity (Wildman–Crippen MR) is 133 cm³/mol. The van der Waals surface area contributed by atoms with Crippen LogP contribution >= 0.6 is 23.2 Å². The molecule has 0 bridgehead atoms. The van der Waals surface area contributed by atoms with E-state index >= 15 is 0 Å². The molecule has 2 radical (unpaired) electrons. The first-order valence-electron chi connectivity index (χ1n) is 10.5. The molecule has 1 heterocycles. The first kappa shape index (κ1) is 23.3. The summed E-state index contributed by atoms with van der Waals surface area (Å²) in [5.74, 6) is 2.32. The highest BCUT2D eigenvalue weighted by atomic mass is 35.5. The summed E-state index contributed by atoms with van der Waals surface area (Å²) in [4.78, 5) is 0. The molecule has 33 heavy (non-hydrogen) atoms. The highest BCUT2D eigenvalue weighted by Crippen LogP contribution is 2.38. The zero-order valence-electron chi connectivity index (χ0n) is 18.3. The molecule has 4 nitrogen and oxygen atoms in total. The molecule has 3 aromatic carbocycles. The van der Waals surface area contributed by atoms with E-state index in [1.807, 2.05) is 56.3 Å². The van der Waals surface area contributed by atoms with Crippen LogP contribution in [0.25, 0.3) is 11.3 Å². The standard InChI is InChI=1S/C26H22BCl2NO3/c1-16(2)26-21(25(30-33-26)24-22(28)7-4-8-23(24)29)15-32-19-11-9-17(10-12-19)14-31-20-6-3-5-18(27)13-20/h3-13,16H,14-15H2,1-2H3. The molecule has 7 heteroatoms. The zero-order chi connectivity index (χ0) is 23.4. The fraction of sp³-hybridized carbons (Fsp3) is 0.192. The molecule has 0 saturated carbocycles. The lowest BCUT2D eigenvalue weighted by Crippen LogP contribution is -2.03. The van der Waals surface area contributed by atoms with Crippen LogP contribution in [0.1, 0.15) is 36.7 Å². The molecule has 166 valence electrons. The van der Waals surface area contributed by atoms with Gasteiger partial charge in [0.25, 0.3) is 0 Å². The number of benzene rings is 3. The van der Waals surface area contributed by atoms with Crippen molar-refractivity contribution in [2.24, 2.45) is 0 Å². The maximum atomic E-state index is 6.42. The monoisotopic (exact) mass is 477 g/mol. The molecule has 0 spiro atoms. The topological polar surface area (TPSA) is 44.5 Å². The zero-order valence-corrected chi connectivity index (χ0v) is 19.9. The van der Waals surface area contributed by atoms with Crippen molar-refractivity contribution >= 4 is 36.5 Å². The number of rotatable bonds is 8.